The Morgan fingerprint density at radius 3 is 2.03 bits per heavy atom. The standard InChI is InChI=1S/C23H22N2O4S/c1-15-6-4-7-17(12-15)22(26)24-19-10-11-21(16(2)13-19)25-23(27)18-8-5-9-20(14-18)30(3,28)29/h4-14H,1-3H3,(H,24,26)(H,25,27). The molecule has 30 heavy (non-hydrogen) atoms. The van der Waals surface area contributed by atoms with Crippen LogP contribution in [0.15, 0.2) is 71.6 Å². The van der Waals surface area contributed by atoms with Gasteiger partial charge in [0.25, 0.3) is 11.8 Å². The zero-order valence-corrected chi connectivity index (χ0v) is 17.7. The molecule has 3 aromatic rings. The van der Waals surface area contributed by atoms with Crippen LogP contribution in [-0.2, 0) is 9.84 Å². The molecule has 0 spiro atoms. The van der Waals surface area contributed by atoms with Gasteiger partial charge in [-0.3, -0.25) is 9.59 Å². The summed E-state index contributed by atoms with van der Waals surface area (Å²) in [4.78, 5) is 25.0. The summed E-state index contributed by atoms with van der Waals surface area (Å²) in [6.07, 6.45) is 1.10. The minimum absolute atomic E-state index is 0.0843. The van der Waals surface area contributed by atoms with Crippen LogP contribution in [0.5, 0.6) is 0 Å². The summed E-state index contributed by atoms with van der Waals surface area (Å²) in [7, 11) is -3.40. The van der Waals surface area contributed by atoms with E-state index in [1.165, 1.54) is 18.2 Å². The van der Waals surface area contributed by atoms with Crippen LogP contribution < -0.4 is 10.6 Å². The molecular weight excluding hydrogens is 400 g/mol. The van der Waals surface area contributed by atoms with Gasteiger partial charge in [0, 0.05) is 28.8 Å². The molecule has 0 saturated heterocycles. The zero-order valence-electron chi connectivity index (χ0n) is 16.9. The Bertz CT molecular complexity index is 1230. The molecule has 154 valence electrons. The molecule has 2 amide bonds. The van der Waals surface area contributed by atoms with E-state index in [-0.39, 0.29) is 16.4 Å². The van der Waals surface area contributed by atoms with Crippen LogP contribution >= 0.6 is 0 Å². The minimum atomic E-state index is -3.40. The fourth-order valence-electron chi connectivity index (χ4n) is 2.93. The number of benzene rings is 3. The fraction of sp³-hybridized carbons (Fsp3) is 0.130. The Morgan fingerprint density at radius 1 is 0.767 bits per heavy atom. The number of nitrogens with one attached hydrogen (secondary N) is 2. The van der Waals surface area contributed by atoms with Crippen molar-refractivity contribution in [2.45, 2.75) is 18.7 Å². The van der Waals surface area contributed by atoms with Crippen molar-refractivity contribution in [1.29, 1.82) is 0 Å². The van der Waals surface area contributed by atoms with Crippen LogP contribution in [0.25, 0.3) is 0 Å². The molecule has 3 aromatic carbocycles. The predicted octanol–water partition coefficient (Wildman–Crippen LogP) is 4.21. The van der Waals surface area contributed by atoms with Crippen molar-refractivity contribution in [2.24, 2.45) is 0 Å². The van der Waals surface area contributed by atoms with Gasteiger partial charge in [-0.05, 0) is 67.9 Å². The lowest BCUT2D eigenvalue weighted by atomic mass is 10.1. The highest BCUT2D eigenvalue weighted by Crippen LogP contribution is 2.22. The van der Waals surface area contributed by atoms with Gasteiger partial charge in [0.1, 0.15) is 0 Å². The summed E-state index contributed by atoms with van der Waals surface area (Å²) in [5, 5.41) is 5.62. The minimum Gasteiger partial charge on any atom is -0.322 e. The third-order valence-electron chi connectivity index (χ3n) is 4.54. The molecule has 0 aliphatic rings. The van der Waals surface area contributed by atoms with Crippen LogP contribution in [0, 0.1) is 13.8 Å². The predicted molar refractivity (Wildman–Crippen MR) is 118 cm³/mol. The molecule has 0 saturated carbocycles. The second kappa shape index (κ2) is 8.51. The largest absolute Gasteiger partial charge is 0.322 e. The van der Waals surface area contributed by atoms with Crippen LogP contribution in [0.1, 0.15) is 31.8 Å². The Morgan fingerprint density at radius 2 is 1.40 bits per heavy atom. The molecule has 0 aliphatic heterocycles. The molecule has 2 N–H and O–H groups in total. The van der Waals surface area contributed by atoms with Crippen LogP contribution in [0.4, 0.5) is 11.4 Å². The maximum Gasteiger partial charge on any atom is 0.255 e. The average Bonchev–Trinajstić information content (AvgIpc) is 2.69. The number of anilines is 2. The smallest absolute Gasteiger partial charge is 0.255 e. The number of aryl methyl sites for hydroxylation is 2. The lowest BCUT2D eigenvalue weighted by Crippen LogP contribution is -2.14. The summed E-state index contributed by atoms with van der Waals surface area (Å²) < 4.78 is 23.4. The van der Waals surface area contributed by atoms with E-state index in [0.717, 1.165) is 17.4 Å². The van der Waals surface area contributed by atoms with Crippen molar-refractivity contribution in [3.8, 4) is 0 Å². The highest BCUT2D eigenvalue weighted by atomic mass is 32.2. The van der Waals surface area contributed by atoms with Crippen molar-refractivity contribution in [3.05, 3.63) is 89.0 Å². The van der Waals surface area contributed by atoms with Crippen molar-refractivity contribution >= 4 is 33.0 Å². The normalized spacial score (nSPS) is 11.0. The Kier molecular flexibility index (Phi) is 6.03. The highest BCUT2D eigenvalue weighted by molar-refractivity contribution is 7.90. The van der Waals surface area contributed by atoms with Gasteiger partial charge >= 0.3 is 0 Å². The first-order valence-corrected chi connectivity index (χ1v) is 11.1. The van der Waals surface area contributed by atoms with Gasteiger partial charge in [0.15, 0.2) is 9.84 Å². The number of hydrogen-bond acceptors (Lipinski definition) is 4. The lowest BCUT2D eigenvalue weighted by Gasteiger charge is -2.12. The van der Waals surface area contributed by atoms with E-state index in [4.69, 9.17) is 0 Å². The summed E-state index contributed by atoms with van der Waals surface area (Å²) in [6.45, 7) is 3.73. The summed E-state index contributed by atoms with van der Waals surface area (Å²) in [5.74, 6) is -0.632. The van der Waals surface area contributed by atoms with Crippen molar-refractivity contribution in [2.75, 3.05) is 16.9 Å². The first kappa shape index (κ1) is 21.3. The maximum atomic E-state index is 12.5. The highest BCUT2D eigenvalue weighted by Gasteiger charge is 2.13. The van der Waals surface area contributed by atoms with Gasteiger partial charge < -0.3 is 10.6 Å². The molecule has 0 unspecified atom stereocenters. The first-order valence-electron chi connectivity index (χ1n) is 9.23. The molecule has 0 heterocycles. The van der Waals surface area contributed by atoms with E-state index in [9.17, 15) is 18.0 Å². The van der Waals surface area contributed by atoms with Gasteiger partial charge in [-0.1, -0.05) is 23.8 Å². The monoisotopic (exact) mass is 422 g/mol. The van der Waals surface area contributed by atoms with E-state index < -0.39 is 15.7 Å². The lowest BCUT2D eigenvalue weighted by molar-refractivity contribution is 0.101. The van der Waals surface area contributed by atoms with Crippen molar-refractivity contribution in [3.63, 3.8) is 0 Å². The van der Waals surface area contributed by atoms with Gasteiger partial charge in [-0.15, -0.1) is 0 Å². The summed E-state index contributed by atoms with van der Waals surface area (Å²) in [5.41, 5.74) is 3.74. The van der Waals surface area contributed by atoms with Crippen LogP contribution in [-0.4, -0.2) is 26.5 Å². The molecule has 0 fully saturated rings. The fourth-order valence-corrected chi connectivity index (χ4v) is 3.60. The van der Waals surface area contributed by atoms with E-state index >= 15 is 0 Å². The van der Waals surface area contributed by atoms with Crippen LogP contribution in [0.3, 0.4) is 0 Å². The van der Waals surface area contributed by atoms with Crippen molar-refractivity contribution in [1.82, 2.24) is 0 Å². The molecule has 0 aromatic heterocycles. The Hall–Kier alpha value is -3.45. The van der Waals surface area contributed by atoms with Crippen LogP contribution in [0.2, 0.25) is 0 Å². The zero-order chi connectivity index (χ0) is 21.9. The van der Waals surface area contributed by atoms with E-state index in [1.807, 2.05) is 26.0 Å². The topological polar surface area (TPSA) is 92.3 Å². The van der Waals surface area contributed by atoms with E-state index in [0.29, 0.717) is 16.9 Å². The summed E-state index contributed by atoms with van der Waals surface area (Å²) >= 11 is 0. The number of amides is 2. The van der Waals surface area contributed by atoms with Gasteiger partial charge in [-0.2, -0.15) is 0 Å². The number of carbonyl (C=O) groups is 2. The molecule has 3 rings (SSSR count). The first-order chi connectivity index (χ1) is 14.1. The maximum absolute atomic E-state index is 12.5. The quantitative estimate of drug-likeness (QED) is 0.644. The molecular formula is C23H22N2O4S. The third kappa shape index (κ3) is 5.12. The SMILES string of the molecule is Cc1cccc(C(=O)Nc2ccc(NC(=O)c3cccc(S(C)(=O)=O)c3)c(C)c2)c1. The molecule has 0 atom stereocenters. The molecule has 6 nitrogen and oxygen atoms in total. The molecule has 0 radical (unpaired) electrons. The Labute approximate surface area is 175 Å². The van der Waals surface area contributed by atoms with E-state index in [2.05, 4.69) is 10.6 Å². The molecule has 7 heteroatoms. The number of sulfone groups is 1. The second-order valence-electron chi connectivity index (χ2n) is 7.11. The second-order valence-corrected chi connectivity index (χ2v) is 9.12. The molecule has 0 aliphatic carbocycles. The number of carbonyl (C=O) groups excluding carboxylic acids is 2. The molecule has 0 bridgehead atoms. The van der Waals surface area contributed by atoms with Gasteiger partial charge in [0.05, 0.1) is 4.90 Å². The number of rotatable bonds is 5. The Balaban J connectivity index is 1.74. The van der Waals surface area contributed by atoms with Gasteiger partial charge in [-0.25, -0.2) is 8.42 Å². The van der Waals surface area contributed by atoms with Gasteiger partial charge in [0.2, 0.25) is 0 Å². The van der Waals surface area contributed by atoms with Crippen molar-refractivity contribution < 1.29 is 18.0 Å². The third-order valence-corrected chi connectivity index (χ3v) is 5.65. The average molecular weight is 423 g/mol. The summed E-state index contributed by atoms with van der Waals surface area (Å²) in [6, 6.07) is 18.3. The van der Waals surface area contributed by atoms with E-state index in [1.54, 1.807) is 36.4 Å². The number of hydrogen-bond donors (Lipinski definition) is 2.